The zero-order chi connectivity index (χ0) is 24.7. The van der Waals surface area contributed by atoms with E-state index in [0.717, 1.165) is 29.3 Å². The van der Waals surface area contributed by atoms with E-state index in [1.54, 1.807) is 0 Å². The second-order valence-corrected chi connectivity index (χ2v) is 10.1. The summed E-state index contributed by atoms with van der Waals surface area (Å²) >= 11 is 0. The van der Waals surface area contributed by atoms with Crippen LogP contribution in [0.25, 0.3) is 0 Å². The molecule has 2 fully saturated rings. The molecule has 1 saturated heterocycles. The molecule has 0 unspecified atom stereocenters. The van der Waals surface area contributed by atoms with Crippen LogP contribution in [-0.2, 0) is 16.2 Å². The molecule has 1 N–H and O–H groups in total. The van der Waals surface area contributed by atoms with E-state index in [1.807, 2.05) is 0 Å². The van der Waals surface area contributed by atoms with Gasteiger partial charge in [0.25, 0.3) is 11.6 Å². The van der Waals surface area contributed by atoms with Gasteiger partial charge in [0.1, 0.15) is 5.69 Å². The van der Waals surface area contributed by atoms with Crippen LogP contribution < -0.4 is 5.32 Å². The standard InChI is InChI=1S/C21H21F3N4O5S/c22-21(23,24)15-2-6-17(7-3-15)34(32,33)27-11-9-26(10-12-27)20(29)14-1-8-18(25-16-4-5-16)19(13-14)28(30)31/h1-3,6-8,13,16,25H,4-5,9-12H2. The Morgan fingerprint density at radius 1 is 1.03 bits per heavy atom. The number of nitro benzene ring substituents is 1. The molecule has 0 spiro atoms. The Hall–Kier alpha value is -3.19. The summed E-state index contributed by atoms with van der Waals surface area (Å²) in [7, 11) is -4.04. The molecule has 1 aliphatic carbocycles. The third-order valence-corrected chi connectivity index (χ3v) is 7.64. The number of nitrogens with one attached hydrogen (secondary N) is 1. The van der Waals surface area contributed by atoms with Crippen LogP contribution in [0, 0.1) is 10.1 Å². The minimum atomic E-state index is -4.57. The molecule has 4 rings (SSSR count). The second-order valence-electron chi connectivity index (χ2n) is 8.13. The highest BCUT2D eigenvalue weighted by molar-refractivity contribution is 7.89. The summed E-state index contributed by atoms with van der Waals surface area (Å²) < 4.78 is 64.9. The van der Waals surface area contributed by atoms with Crippen LogP contribution in [0.15, 0.2) is 47.4 Å². The summed E-state index contributed by atoms with van der Waals surface area (Å²) in [6, 6.07) is 7.62. The summed E-state index contributed by atoms with van der Waals surface area (Å²) in [6.07, 6.45) is -2.72. The maximum atomic E-state index is 12.9. The number of hydrogen-bond acceptors (Lipinski definition) is 6. The Kier molecular flexibility index (Phi) is 6.25. The van der Waals surface area contributed by atoms with Gasteiger partial charge in [-0.2, -0.15) is 17.5 Å². The van der Waals surface area contributed by atoms with Crippen molar-refractivity contribution in [3.63, 3.8) is 0 Å². The highest BCUT2D eigenvalue weighted by atomic mass is 32.2. The Balaban J connectivity index is 1.43. The van der Waals surface area contributed by atoms with Gasteiger partial charge in [-0.25, -0.2) is 8.42 Å². The molecule has 0 aromatic heterocycles. The van der Waals surface area contributed by atoms with E-state index in [-0.39, 0.29) is 48.4 Å². The Bertz CT molecular complexity index is 1210. The van der Waals surface area contributed by atoms with Gasteiger partial charge in [-0.1, -0.05) is 0 Å². The fourth-order valence-electron chi connectivity index (χ4n) is 3.66. The van der Waals surface area contributed by atoms with E-state index in [4.69, 9.17) is 0 Å². The van der Waals surface area contributed by atoms with Gasteiger partial charge < -0.3 is 10.2 Å². The molecule has 1 heterocycles. The SMILES string of the molecule is O=C(c1ccc(NC2CC2)c([N+](=O)[O-])c1)N1CCN(S(=O)(=O)c2ccc(C(F)(F)F)cc2)CC1. The Morgan fingerprint density at radius 3 is 2.18 bits per heavy atom. The molecule has 34 heavy (non-hydrogen) atoms. The van der Waals surface area contributed by atoms with Crippen LogP contribution in [0.1, 0.15) is 28.8 Å². The fraction of sp³-hybridized carbons (Fsp3) is 0.381. The first-order valence-corrected chi connectivity index (χ1v) is 11.9. The molecule has 9 nitrogen and oxygen atoms in total. The fourth-order valence-corrected chi connectivity index (χ4v) is 5.09. The number of sulfonamides is 1. The molecule has 1 aliphatic heterocycles. The predicted octanol–water partition coefficient (Wildman–Crippen LogP) is 3.33. The summed E-state index contributed by atoms with van der Waals surface area (Å²) in [5.74, 6) is -0.465. The van der Waals surface area contributed by atoms with Gasteiger partial charge in [0.2, 0.25) is 10.0 Å². The summed E-state index contributed by atoms with van der Waals surface area (Å²) in [4.78, 5) is 24.9. The topological polar surface area (TPSA) is 113 Å². The third-order valence-electron chi connectivity index (χ3n) is 5.72. The number of nitro groups is 1. The van der Waals surface area contributed by atoms with Crippen LogP contribution >= 0.6 is 0 Å². The highest BCUT2D eigenvalue weighted by Gasteiger charge is 2.34. The monoisotopic (exact) mass is 498 g/mol. The summed E-state index contributed by atoms with van der Waals surface area (Å²) in [6.45, 7) is -0.0415. The first kappa shape index (κ1) is 24.0. The maximum Gasteiger partial charge on any atom is 0.416 e. The van der Waals surface area contributed by atoms with Crippen LogP contribution in [0.3, 0.4) is 0 Å². The van der Waals surface area contributed by atoms with Gasteiger partial charge in [-0.05, 0) is 49.2 Å². The zero-order valence-electron chi connectivity index (χ0n) is 17.8. The third kappa shape index (κ3) is 4.99. The van der Waals surface area contributed by atoms with Crippen molar-refractivity contribution < 1.29 is 31.3 Å². The number of rotatable bonds is 6. The number of halogens is 3. The molecule has 182 valence electrons. The van der Waals surface area contributed by atoms with E-state index < -0.39 is 32.6 Å². The smallest absolute Gasteiger partial charge is 0.377 e. The largest absolute Gasteiger partial charge is 0.416 e. The summed E-state index contributed by atoms with van der Waals surface area (Å²) in [5.41, 5.74) is -0.695. The number of anilines is 1. The molecule has 0 bridgehead atoms. The number of carbonyl (C=O) groups is 1. The number of hydrogen-bond donors (Lipinski definition) is 1. The number of alkyl halides is 3. The van der Waals surface area contributed by atoms with E-state index in [2.05, 4.69) is 5.32 Å². The van der Waals surface area contributed by atoms with Crippen molar-refractivity contribution in [3.8, 4) is 0 Å². The van der Waals surface area contributed by atoms with Crippen molar-refractivity contribution in [2.24, 2.45) is 0 Å². The first-order chi connectivity index (χ1) is 16.0. The number of nitrogens with zero attached hydrogens (tertiary/aromatic N) is 3. The normalized spacial score (nSPS) is 17.4. The molecule has 0 radical (unpaired) electrons. The van der Waals surface area contributed by atoms with Crippen LogP contribution in [-0.4, -0.2) is 60.7 Å². The molecule has 0 atom stereocenters. The number of amides is 1. The maximum absolute atomic E-state index is 12.9. The molecule has 1 amide bonds. The van der Waals surface area contributed by atoms with Gasteiger partial charge in [-0.3, -0.25) is 14.9 Å². The number of benzene rings is 2. The summed E-state index contributed by atoms with van der Waals surface area (Å²) in [5, 5.41) is 14.5. The number of carbonyl (C=O) groups excluding carboxylic acids is 1. The molecule has 1 saturated carbocycles. The molecule has 2 aromatic rings. The first-order valence-electron chi connectivity index (χ1n) is 10.5. The van der Waals surface area contributed by atoms with Gasteiger partial charge in [0.15, 0.2) is 0 Å². The number of piperazine rings is 1. The molecule has 2 aromatic carbocycles. The molecule has 13 heteroatoms. The average molecular weight is 498 g/mol. The van der Waals surface area contributed by atoms with E-state index in [1.165, 1.54) is 23.1 Å². The van der Waals surface area contributed by atoms with E-state index in [9.17, 15) is 36.5 Å². The Morgan fingerprint density at radius 2 is 1.65 bits per heavy atom. The van der Waals surface area contributed by atoms with Crippen LogP contribution in [0.5, 0.6) is 0 Å². The van der Waals surface area contributed by atoms with Crippen molar-refractivity contribution >= 4 is 27.3 Å². The van der Waals surface area contributed by atoms with Crippen molar-refractivity contribution in [1.82, 2.24) is 9.21 Å². The van der Waals surface area contributed by atoms with Crippen molar-refractivity contribution in [2.75, 3.05) is 31.5 Å². The second kappa shape index (κ2) is 8.87. The molecular formula is C21H21F3N4O5S. The predicted molar refractivity (Wildman–Crippen MR) is 116 cm³/mol. The quantitative estimate of drug-likeness (QED) is 0.483. The lowest BCUT2D eigenvalue weighted by molar-refractivity contribution is -0.384. The van der Waals surface area contributed by atoms with Crippen molar-refractivity contribution in [3.05, 3.63) is 63.7 Å². The minimum absolute atomic E-state index is 0.0363. The highest BCUT2D eigenvalue weighted by Crippen LogP contribution is 2.32. The average Bonchev–Trinajstić information content (AvgIpc) is 3.62. The van der Waals surface area contributed by atoms with Crippen LogP contribution in [0.4, 0.5) is 24.5 Å². The molecular weight excluding hydrogens is 477 g/mol. The van der Waals surface area contributed by atoms with E-state index in [0.29, 0.717) is 17.8 Å². The van der Waals surface area contributed by atoms with Crippen LogP contribution in [0.2, 0.25) is 0 Å². The molecule has 2 aliphatic rings. The Labute approximate surface area is 193 Å². The van der Waals surface area contributed by atoms with Gasteiger partial charge >= 0.3 is 6.18 Å². The lowest BCUT2D eigenvalue weighted by Gasteiger charge is -2.34. The van der Waals surface area contributed by atoms with Crippen molar-refractivity contribution in [2.45, 2.75) is 30.0 Å². The van der Waals surface area contributed by atoms with Crippen molar-refractivity contribution in [1.29, 1.82) is 0 Å². The van der Waals surface area contributed by atoms with Gasteiger partial charge in [0.05, 0.1) is 15.4 Å². The lowest BCUT2D eigenvalue weighted by Crippen LogP contribution is -2.50. The minimum Gasteiger partial charge on any atom is -0.377 e. The van der Waals surface area contributed by atoms with Gasteiger partial charge in [-0.15, -0.1) is 0 Å². The zero-order valence-corrected chi connectivity index (χ0v) is 18.6. The van der Waals surface area contributed by atoms with E-state index >= 15 is 0 Å². The lowest BCUT2D eigenvalue weighted by atomic mass is 10.1. The van der Waals surface area contributed by atoms with Gasteiger partial charge in [0, 0.05) is 43.9 Å².